The van der Waals surface area contributed by atoms with Gasteiger partial charge in [-0.25, -0.2) is 13.6 Å². The van der Waals surface area contributed by atoms with Crippen LogP contribution in [-0.2, 0) is 4.79 Å². The fraction of sp³-hybridized carbons (Fsp3) is 0.154. The highest BCUT2D eigenvalue weighted by atomic mass is 19.1. The topological polar surface area (TPSA) is 84.2 Å². The van der Waals surface area contributed by atoms with E-state index in [1.165, 1.54) is 13.1 Å². The highest BCUT2D eigenvalue weighted by Gasteiger charge is 2.19. The van der Waals surface area contributed by atoms with Gasteiger partial charge in [-0.1, -0.05) is 0 Å². The number of nitrogens with zero attached hydrogens (tertiary/aromatic N) is 2. The zero-order valence-corrected chi connectivity index (χ0v) is 10.9. The van der Waals surface area contributed by atoms with Crippen molar-refractivity contribution in [2.75, 3.05) is 5.32 Å². The van der Waals surface area contributed by atoms with E-state index < -0.39 is 29.6 Å². The van der Waals surface area contributed by atoms with Crippen LogP contribution in [0.3, 0.4) is 0 Å². The van der Waals surface area contributed by atoms with Crippen LogP contribution in [0.25, 0.3) is 0 Å². The summed E-state index contributed by atoms with van der Waals surface area (Å²) in [6.07, 6.45) is 2.27. The van der Waals surface area contributed by atoms with Crippen LogP contribution in [0.2, 0.25) is 0 Å². The third-order valence-corrected chi connectivity index (χ3v) is 2.81. The lowest BCUT2D eigenvalue weighted by Crippen LogP contribution is -2.24. The number of halogens is 2. The Kier molecular flexibility index (Phi) is 3.97. The summed E-state index contributed by atoms with van der Waals surface area (Å²) in [6.45, 7) is 1.45. The summed E-state index contributed by atoms with van der Waals surface area (Å²) in [6, 6.07) is 1.79. The van der Waals surface area contributed by atoms with Gasteiger partial charge in [0, 0.05) is 12.3 Å². The number of rotatable bonds is 4. The monoisotopic (exact) mass is 295 g/mol. The molecule has 1 aromatic heterocycles. The average molecular weight is 295 g/mol. The second-order valence-corrected chi connectivity index (χ2v) is 4.30. The minimum absolute atomic E-state index is 0.0772. The number of aromatic carboxylic acids is 1. The number of aromatic nitrogens is 2. The lowest BCUT2D eigenvalue weighted by Gasteiger charge is -2.13. The van der Waals surface area contributed by atoms with Gasteiger partial charge in [0.15, 0.2) is 0 Å². The summed E-state index contributed by atoms with van der Waals surface area (Å²) in [5.41, 5.74) is -0.371. The molecule has 0 fully saturated rings. The Morgan fingerprint density at radius 1 is 1.38 bits per heavy atom. The maximum atomic E-state index is 13.4. The summed E-state index contributed by atoms with van der Waals surface area (Å²) in [4.78, 5) is 22.7. The molecule has 1 heterocycles. The minimum Gasteiger partial charge on any atom is -0.478 e. The summed E-state index contributed by atoms with van der Waals surface area (Å²) in [5, 5.41) is 14.7. The van der Waals surface area contributed by atoms with Gasteiger partial charge in [-0.3, -0.25) is 9.48 Å². The first-order valence-electron chi connectivity index (χ1n) is 5.92. The number of nitrogens with one attached hydrogen (secondary N) is 1. The molecule has 1 unspecified atom stereocenters. The van der Waals surface area contributed by atoms with Crippen molar-refractivity contribution < 1.29 is 23.5 Å². The molecule has 0 aliphatic carbocycles. The van der Waals surface area contributed by atoms with Gasteiger partial charge in [0.05, 0.1) is 17.4 Å². The van der Waals surface area contributed by atoms with E-state index in [2.05, 4.69) is 10.4 Å². The molecule has 0 bridgehead atoms. The van der Waals surface area contributed by atoms with Gasteiger partial charge in [0.2, 0.25) is 5.91 Å². The maximum absolute atomic E-state index is 13.4. The van der Waals surface area contributed by atoms with E-state index in [9.17, 15) is 18.4 Å². The van der Waals surface area contributed by atoms with Crippen LogP contribution in [0.1, 0.15) is 23.3 Å². The Morgan fingerprint density at radius 3 is 2.71 bits per heavy atom. The number of hydrogen-bond acceptors (Lipinski definition) is 3. The van der Waals surface area contributed by atoms with E-state index >= 15 is 0 Å². The highest BCUT2D eigenvalue weighted by Crippen LogP contribution is 2.17. The average Bonchev–Trinajstić information content (AvgIpc) is 2.91. The van der Waals surface area contributed by atoms with Crippen molar-refractivity contribution in [3.05, 3.63) is 47.8 Å². The van der Waals surface area contributed by atoms with Gasteiger partial charge in [-0.2, -0.15) is 5.10 Å². The summed E-state index contributed by atoms with van der Waals surface area (Å²) in [5.74, 6) is -3.29. The molecule has 0 aliphatic rings. The number of carbonyl (C=O) groups excluding carboxylic acids is 1. The second kappa shape index (κ2) is 5.70. The third-order valence-electron chi connectivity index (χ3n) is 2.81. The van der Waals surface area contributed by atoms with Gasteiger partial charge >= 0.3 is 5.97 Å². The number of amides is 1. The second-order valence-electron chi connectivity index (χ2n) is 4.30. The van der Waals surface area contributed by atoms with Crippen LogP contribution >= 0.6 is 0 Å². The van der Waals surface area contributed by atoms with Gasteiger partial charge in [-0.15, -0.1) is 0 Å². The molecule has 2 aromatic rings. The maximum Gasteiger partial charge on any atom is 0.338 e. The number of carboxylic acid groups (broad SMARTS) is 1. The van der Waals surface area contributed by atoms with E-state index in [1.54, 1.807) is 0 Å². The van der Waals surface area contributed by atoms with Crippen molar-refractivity contribution in [2.45, 2.75) is 13.0 Å². The van der Waals surface area contributed by atoms with Crippen molar-refractivity contribution in [1.29, 1.82) is 0 Å². The van der Waals surface area contributed by atoms with Crippen molar-refractivity contribution >= 4 is 17.6 Å². The SMILES string of the molecule is CC(C(=O)Nc1cc(F)ccc1F)n1cc(C(=O)O)cn1. The molecular formula is C13H11F2N3O3. The Hall–Kier alpha value is -2.77. The molecule has 2 rings (SSSR count). The van der Waals surface area contributed by atoms with E-state index in [4.69, 9.17) is 5.11 Å². The zero-order valence-electron chi connectivity index (χ0n) is 10.9. The molecule has 110 valence electrons. The fourth-order valence-electron chi connectivity index (χ4n) is 1.61. The van der Waals surface area contributed by atoms with Crippen LogP contribution in [0.15, 0.2) is 30.6 Å². The summed E-state index contributed by atoms with van der Waals surface area (Å²) in [7, 11) is 0. The van der Waals surface area contributed by atoms with Crippen LogP contribution in [0, 0.1) is 11.6 Å². The predicted octanol–water partition coefficient (Wildman–Crippen LogP) is 2.06. The molecule has 1 amide bonds. The van der Waals surface area contributed by atoms with E-state index in [-0.39, 0.29) is 11.3 Å². The minimum atomic E-state index is -1.18. The van der Waals surface area contributed by atoms with Gasteiger partial charge in [0.1, 0.15) is 17.7 Å². The van der Waals surface area contributed by atoms with Crippen LogP contribution in [0.4, 0.5) is 14.5 Å². The van der Waals surface area contributed by atoms with Crippen molar-refractivity contribution in [3.63, 3.8) is 0 Å². The third kappa shape index (κ3) is 3.22. The number of anilines is 1. The molecule has 1 atom stereocenters. The number of benzene rings is 1. The number of hydrogen-bond donors (Lipinski definition) is 2. The molecule has 0 saturated carbocycles. The molecule has 1 aromatic carbocycles. The quantitative estimate of drug-likeness (QED) is 0.904. The van der Waals surface area contributed by atoms with Gasteiger partial charge < -0.3 is 10.4 Å². The summed E-state index contributed by atoms with van der Waals surface area (Å²) >= 11 is 0. The molecule has 0 aliphatic heterocycles. The lowest BCUT2D eigenvalue weighted by atomic mass is 10.2. The first kappa shape index (κ1) is 14.6. The normalized spacial score (nSPS) is 12.0. The van der Waals surface area contributed by atoms with Crippen LogP contribution in [-0.4, -0.2) is 26.8 Å². The predicted molar refractivity (Wildman–Crippen MR) is 68.9 cm³/mol. The van der Waals surface area contributed by atoms with Crippen molar-refractivity contribution in [3.8, 4) is 0 Å². The highest BCUT2D eigenvalue weighted by molar-refractivity contribution is 5.93. The zero-order chi connectivity index (χ0) is 15.6. The molecule has 2 N–H and O–H groups in total. The number of carboxylic acids is 1. The Labute approximate surface area is 118 Å². The first-order chi connectivity index (χ1) is 9.88. The molecule has 21 heavy (non-hydrogen) atoms. The van der Waals surface area contributed by atoms with E-state index in [0.717, 1.165) is 29.1 Å². The van der Waals surface area contributed by atoms with Crippen LogP contribution in [0.5, 0.6) is 0 Å². The summed E-state index contributed by atoms with van der Waals surface area (Å²) < 4.78 is 27.6. The van der Waals surface area contributed by atoms with Crippen molar-refractivity contribution in [2.24, 2.45) is 0 Å². The number of carbonyl (C=O) groups is 2. The van der Waals surface area contributed by atoms with Gasteiger partial charge in [-0.05, 0) is 19.1 Å². The van der Waals surface area contributed by atoms with E-state index in [0.29, 0.717) is 0 Å². The smallest absolute Gasteiger partial charge is 0.338 e. The fourth-order valence-corrected chi connectivity index (χ4v) is 1.61. The van der Waals surface area contributed by atoms with E-state index in [1.807, 2.05) is 0 Å². The van der Waals surface area contributed by atoms with Crippen LogP contribution < -0.4 is 5.32 Å². The standard InChI is InChI=1S/C13H11F2N3O3/c1-7(18-6-8(5-16-18)13(20)21)12(19)17-11-4-9(14)2-3-10(11)15/h2-7H,1H3,(H,17,19)(H,20,21). The Balaban J connectivity index is 2.15. The lowest BCUT2D eigenvalue weighted by molar-refractivity contribution is -0.119. The first-order valence-corrected chi connectivity index (χ1v) is 5.92. The molecule has 0 spiro atoms. The molecule has 0 saturated heterocycles. The molecule has 6 nitrogen and oxygen atoms in total. The Bertz CT molecular complexity index is 700. The Morgan fingerprint density at radius 2 is 2.10 bits per heavy atom. The molecular weight excluding hydrogens is 284 g/mol. The van der Waals surface area contributed by atoms with Crippen molar-refractivity contribution in [1.82, 2.24) is 9.78 Å². The molecule has 8 heteroatoms. The molecule has 0 radical (unpaired) electrons. The largest absolute Gasteiger partial charge is 0.478 e. The van der Waals surface area contributed by atoms with Gasteiger partial charge in [0.25, 0.3) is 0 Å².